The summed E-state index contributed by atoms with van der Waals surface area (Å²) >= 11 is 3.08. The van der Waals surface area contributed by atoms with E-state index < -0.39 is 16.0 Å². The molecule has 6 nitrogen and oxygen atoms in total. The summed E-state index contributed by atoms with van der Waals surface area (Å²) in [6, 6.07) is 10.8. The summed E-state index contributed by atoms with van der Waals surface area (Å²) < 4.78 is 32.3. The first-order chi connectivity index (χ1) is 10.8. The van der Waals surface area contributed by atoms with E-state index in [4.69, 9.17) is 9.84 Å². The maximum absolute atomic E-state index is 12.3. The second-order valence-electron chi connectivity index (χ2n) is 4.62. The Hall–Kier alpha value is -1.90. The molecule has 0 saturated carbocycles. The normalized spacial score (nSPS) is 11.2. The maximum atomic E-state index is 12.3. The maximum Gasteiger partial charge on any atom is 0.336 e. The van der Waals surface area contributed by atoms with Crippen molar-refractivity contribution in [3.05, 3.63) is 58.1 Å². The van der Waals surface area contributed by atoms with Crippen molar-refractivity contribution in [2.24, 2.45) is 0 Å². The second-order valence-corrected chi connectivity index (χ2v) is 7.24. The van der Waals surface area contributed by atoms with E-state index in [0.29, 0.717) is 10.2 Å². The van der Waals surface area contributed by atoms with E-state index in [0.717, 1.165) is 11.6 Å². The summed E-state index contributed by atoms with van der Waals surface area (Å²) in [5.74, 6) is -0.528. The third-order valence-corrected chi connectivity index (χ3v) is 5.19. The number of carboxylic acid groups (broad SMARTS) is 1. The van der Waals surface area contributed by atoms with E-state index in [1.807, 2.05) is 0 Å². The predicted octanol–water partition coefficient (Wildman–Crippen LogP) is 2.63. The van der Waals surface area contributed by atoms with Crippen LogP contribution in [0.25, 0.3) is 0 Å². The van der Waals surface area contributed by atoms with E-state index in [2.05, 4.69) is 20.7 Å². The van der Waals surface area contributed by atoms with Gasteiger partial charge in [0.05, 0.1) is 17.6 Å². The van der Waals surface area contributed by atoms with Crippen LogP contribution in [0.1, 0.15) is 15.9 Å². The lowest BCUT2D eigenvalue weighted by atomic mass is 10.2. The van der Waals surface area contributed by atoms with Crippen molar-refractivity contribution in [3.63, 3.8) is 0 Å². The van der Waals surface area contributed by atoms with Crippen LogP contribution in [0.2, 0.25) is 0 Å². The average Bonchev–Trinajstić information content (AvgIpc) is 2.53. The molecular formula is C15H14BrNO5S. The van der Waals surface area contributed by atoms with Crippen molar-refractivity contribution >= 4 is 31.9 Å². The fourth-order valence-corrected chi connectivity index (χ4v) is 3.30. The van der Waals surface area contributed by atoms with Crippen LogP contribution >= 0.6 is 15.9 Å². The quantitative estimate of drug-likeness (QED) is 0.778. The highest BCUT2D eigenvalue weighted by Gasteiger charge is 2.18. The molecule has 0 heterocycles. The highest BCUT2D eigenvalue weighted by atomic mass is 79.9. The number of methoxy groups -OCH3 is 1. The molecule has 0 atom stereocenters. The SMILES string of the molecule is COc1ccc(CNS(=O)(=O)c2ccc(Br)c(C(=O)O)c2)cc1. The Morgan fingerprint density at radius 2 is 1.87 bits per heavy atom. The molecule has 0 aliphatic rings. The molecule has 0 radical (unpaired) electrons. The Morgan fingerprint density at radius 3 is 2.43 bits per heavy atom. The summed E-state index contributed by atoms with van der Waals surface area (Å²) in [4.78, 5) is 11.0. The van der Waals surface area contributed by atoms with Crippen molar-refractivity contribution in [3.8, 4) is 5.75 Å². The lowest BCUT2D eigenvalue weighted by Crippen LogP contribution is -2.23. The summed E-state index contributed by atoms with van der Waals surface area (Å²) in [5.41, 5.74) is 0.641. The Bertz CT molecular complexity index is 818. The lowest BCUT2D eigenvalue weighted by Gasteiger charge is -2.09. The molecule has 0 spiro atoms. The smallest absolute Gasteiger partial charge is 0.336 e. The second kappa shape index (κ2) is 7.12. The minimum absolute atomic E-state index is 0.0881. The predicted molar refractivity (Wildman–Crippen MR) is 88.1 cm³/mol. The van der Waals surface area contributed by atoms with Crippen LogP contribution in [-0.2, 0) is 16.6 Å². The fraction of sp³-hybridized carbons (Fsp3) is 0.133. The molecule has 2 aromatic rings. The third-order valence-electron chi connectivity index (χ3n) is 3.10. The standard InChI is InChI=1S/C15H14BrNO5S/c1-22-11-4-2-10(3-5-11)9-17-23(20,21)12-6-7-14(16)13(8-12)15(18)19/h2-8,17H,9H2,1H3,(H,18,19). The largest absolute Gasteiger partial charge is 0.497 e. The van der Waals surface area contributed by atoms with Crippen LogP contribution in [-0.4, -0.2) is 26.6 Å². The number of sulfonamides is 1. The van der Waals surface area contributed by atoms with Crippen molar-refractivity contribution in [2.45, 2.75) is 11.4 Å². The third kappa shape index (κ3) is 4.31. The zero-order chi connectivity index (χ0) is 17.0. The van der Waals surface area contributed by atoms with Gasteiger partial charge in [0.15, 0.2) is 0 Å². The molecule has 0 aromatic heterocycles. The van der Waals surface area contributed by atoms with E-state index in [-0.39, 0.29) is 17.0 Å². The number of hydrogen-bond donors (Lipinski definition) is 2. The Kier molecular flexibility index (Phi) is 5.40. The monoisotopic (exact) mass is 399 g/mol. The van der Waals surface area contributed by atoms with Gasteiger partial charge in [-0.15, -0.1) is 0 Å². The van der Waals surface area contributed by atoms with Crippen molar-refractivity contribution < 1.29 is 23.1 Å². The van der Waals surface area contributed by atoms with Gasteiger partial charge in [-0.25, -0.2) is 17.9 Å². The molecular weight excluding hydrogens is 386 g/mol. The van der Waals surface area contributed by atoms with Gasteiger partial charge in [0.2, 0.25) is 10.0 Å². The molecule has 122 valence electrons. The zero-order valence-electron chi connectivity index (χ0n) is 12.1. The minimum atomic E-state index is -3.81. The first kappa shape index (κ1) is 17.5. The topological polar surface area (TPSA) is 92.7 Å². The fourth-order valence-electron chi connectivity index (χ4n) is 1.84. The minimum Gasteiger partial charge on any atom is -0.497 e. The van der Waals surface area contributed by atoms with Crippen molar-refractivity contribution in [1.82, 2.24) is 4.72 Å². The first-order valence-corrected chi connectivity index (χ1v) is 8.76. The molecule has 23 heavy (non-hydrogen) atoms. The number of hydrogen-bond acceptors (Lipinski definition) is 4. The number of aromatic carboxylic acids is 1. The van der Waals surface area contributed by atoms with Crippen LogP contribution in [0.15, 0.2) is 51.8 Å². The lowest BCUT2D eigenvalue weighted by molar-refractivity contribution is 0.0695. The summed E-state index contributed by atoms with van der Waals surface area (Å²) in [7, 11) is -2.27. The Labute approximate surface area is 142 Å². The highest BCUT2D eigenvalue weighted by Crippen LogP contribution is 2.21. The van der Waals surface area contributed by atoms with Gasteiger partial charge in [-0.05, 0) is 51.8 Å². The van der Waals surface area contributed by atoms with Gasteiger partial charge in [0.25, 0.3) is 0 Å². The van der Waals surface area contributed by atoms with Crippen molar-refractivity contribution in [2.75, 3.05) is 7.11 Å². The van der Waals surface area contributed by atoms with Gasteiger partial charge in [0.1, 0.15) is 5.75 Å². The number of nitrogens with one attached hydrogen (secondary N) is 1. The van der Waals surface area contributed by atoms with Crippen LogP contribution < -0.4 is 9.46 Å². The number of ether oxygens (including phenoxy) is 1. The van der Waals surface area contributed by atoms with E-state index >= 15 is 0 Å². The number of carboxylic acids is 1. The van der Waals surface area contributed by atoms with Crippen LogP contribution in [0.4, 0.5) is 0 Å². The number of carbonyl (C=O) groups is 1. The summed E-state index contributed by atoms with van der Waals surface area (Å²) in [6.45, 7) is 0.0881. The molecule has 0 fully saturated rings. The van der Waals surface area contributed by atoms with Crippen LogP contribution in [0.3, 0.4) is 0 Å². The molecule has 8 heteroatoms. The van der Waals surface area contributed by atoms with E-state index in [1.54, 1.807) is 31.4 Å². The number of halogens is 1. The molecule has 0 bridgehead atoms. The molecule has 0 amide bonds. The summed E-state index contributed by atoms with van der Waals surface area (Å²) in [5, 5.41) is 9.06. The first-order valence-electron chi connectivity index (χ1n) is 6.49. The summed E-state index contributed by atoms with van der Waals surface area (Å²) in [6.07, 6.45) is 0. The number of benzene rings is 2. The van der Waals surface area contributed by atoms with Gasteiger partial charge in [-0.1, -0.05) is 12.1 Å². The van der Waals surface area contributed by atoms with Crippen LogP contribution in [0, 0.1) is 0 Å². The molecule has 2 aromatic carbocycles. The molecule has 2 N–H and O–H groups in total. The molecule has 2 rings (SSSR count). The average molecular weight is 400 g/mol. The van der Waals surface area contributed by atoms with Gasteiger partial charge >= 0.3 is 5.97 Å². The van der Waals surface area contributed by atoms with E-state index in [9.17, 15) is 13.2 Å². The zero-order valence-corrected chi connectivity index (χ0v) is 14.5. The Morgan fingerprint density at radius 1 is 1.22 bits per heavy atom. The van der Waals surface area contributed by atoms with Gasteiger partial charge < -0.3 is 9.84 Å². The van der Waals surface area contributed by atoms with Gasteiger partial charge in [-0.3, -0.25) is 0 Å². The molecule has 0 unspecified atom stereocenters. The number of rotatable bonds is 6. The van der Waals surface area contributed by atoms with Crippen molar-refractivity contribution in [1.29, 1.82) is 0 Å². The van der Waals surface area contributed by atoms with Gasteiger partial charge in [0, 0.05) is 11.0 Å². The van der Waals surface area contributed by atoms with E-state index in [1.165, 1.54) is 12.1 Å². The van der Waals surface area contributed by atoms with Gasteiger partial charge in [-0.2, -0.15) is 0 Å². The van der Waals surface area contributed by atoms with Crippen LogP contribution in [0.5, 0.6) is 5.75 Å². The molecule has 0 aliphatic heterocycles. The molecule has 0 saturated heterocycles. The molecule has 0 aliphatic carbocycles. The Balaban J connectivity index is 2.18. The highest BCUT2D eigenvalue weighted by molar-refractivity contribution is 9.10.